The lowest BCUT2D eigenvalue weighted by Crippen LogP contribution is -2.26. The van der Waals surface area contributed by atoms with Crippen LogP contribution in [0.3, 0.4) is 0 Å². The first-order chi connectivity index (χ1) is 11.8. The van der Waals surface area contributed by atoms with Gasteiger partial charge >= 0.3 is 0 Å². The number of ketones is 1. The van der Waals surface area contributed by atoms with Crippen LogP contribution in [0.4, 0.5) is 0 Å². The highest BCUT2D eigenvalue weighted by Crippen LogP contribution is 2.32. The van der Waals surface area contributed by atoms with Crippen molar-refractivity contribution in [1.29, 1.82) is 0 Å². The monoisotopic (exact) mass is 363 g/mol. The van der Waals surface area contributed by atoms with E-state index >= 15 is 0 Å². The van der Waals surface area contributed by atoms with E-state index in [2.05, 4.69) is 0 Å². The van der Waals surface area contributed by atoms with Gasteiger partial charge in [-0.15, -0.1) is 0 Å². The van der Waals surface area contributed by atoms with Crippen molar-refractivity contribution in [1.82, 2.24) is 4.31 Å². The maximum Gasteiger partial charge on any atom is 0.243 e. The highest BCUT2D eigenvalue weighted by Gasteiger charge is 2.23. The molecule has 0 atom stereocenters. The van der Waals surface area contributed by atoms with Gasteiger partial charge in [-0.05, 0) is 25.1 Å². The fraction of sp³-hybridized carbons (Fsp3) is 0.278. The highest BCUT2D eigenvalue weighted by molar-refractivity contribution is 7.89. The van der Waals surface area contributed by atoms with E-state index in [1.807, 2.05) is 0 Å². The number of sulfonamides is 1. The van der Waals surface area contributed by atoms with Crippen molar-refractivity contribution in [2.75, 3.05) is 21.3 Å². The Kier molecular flexibility index (Phi) is 5.81. The van der Waals surface area contributed by atoms with Crippen LogP contribution in [0.1, 0.15) is 22.8 Å². The van der Waals surface area contributed by atoms with E-state index in [4.69, 9.17) is 9.47 Å². The molecule has 0 unspecified atom stereocenters. The number of ether oxygens (including phenoxy) is 2. The number of nitrogens with zero attached hydrogens (tertiary/aromatic N) is 1. The largest absolute Gasteiger partial charge is 0.493 e. The quantitative estimate of drug-likeness (QED) is 0.707. The van der Waals surface area contributed by atoms with Crippen molar-refractivity contribution >= 4 is 15.8 Å². The Bertz CT molecular complexity index is 860. The molecule has 0 aliphatic carbocycles. The highest BCUT2D eigenvalue weighted by atomic mass is 32.2. The molecule has 0 radical (unpaired) electrons. The Morgan fingerprint density at radius 2 is 1.68 bits per heavy atom. The summed E-state index contributed by atoms with van der Waals surface area (Å²) in [7, 11) is 0.831. The third kappa shape index (κ3) is 4.00. The molecule has 0 N–H and O–H groups in total. The summed E-state index contributed by atoms with van der Waals surface area (Å²) in [5, 5.41) is 0. The molecule has 2 aromatic carbocycles. The van der Waals surface area contributed by atoms with Crippen molar-refractivity contribution in [3.05, 3.63) is 53.6 Å². The summed E-state index contributed by atoms with van der Waals surface area (Å²) in [5.41, 5.74) is 1.16. The molecule has 7 heteroatoms. The van der Waals surface area contributed by atoms with Crippen LogP contribution in [0.25, 0.3) is 0 Å². The Morgan fingerprint density at radius 1 is 1.04 bits per heavy atom. The van der Waals surface area contributed by atoms with Gasteiger partial charge in [-0.1, -0.05) is 24.3 Å². The predicted molar refractivity (Wildman–Crippen MR) is 94.6 cm³/mol. The average molecular weight is 363 g/mol. The molecule has 134 valence electrons. The first-order valence-electron chi connectivity index (χ1n) is 7.58. The van der Waals surface area contributed by atoms with E-state index in [1.165, 1.54) is 56.8 Å². The molecule has 0 fully saturated rings. The summed E-state index contributed by atoms with van der Waals surface area (Å²) in [6.45, 7) is 1.56. The minimum Gasteiger partial charge on any atom is -0.493 e. The standard InChI is InChI=1S/C18H21NO5S/c1-13(20)14-8-10-16(11-9-14)25(21,22)19(2)12-15-6-5-7-17(23-3)18(15)24-4/h5-11H,12H2,1-4H3. The predicted octanol–water partition coefficient (Wildman–Crippen LogP) is 2.73. The van der Waals surface area contributed by atoms with Gasteiger partial charge < -0.3 is 9.47 Å². The summed E-state index contributed by atoms with van der Waals surface area (Å²) in [4.78, 5) is 11.5. The lowest BCUT2D eigenvalue weighted by atomic mass is 10.2. The normalized spacial score (nSPS) is 11.4. The Morgan fingerprint density at radius 3 is 2.20 bits per heavy atom. The summed E-state index contributed by atoms with van der Waals surface area (Å²) >= 11 is 0. The molecule has 0 aliphatic rings. The zero-order valence-electron chi connectivity index (χ0n) is 14.6. The zero-order chi connectivity index (χ0) is 18.6. The molecule has 6 nitrogen and oxygen atoms in total. The maximum absolute atomic E-state index is 12.7. The van der Waals surface area contributed by atoms with E-state index < -0.39 is 10.0 Å². The number of Topliss-reactive ketones (excluding diaryl/α,β-unsaturated/α-hetero) is 1. The fourth-order valence-electron chi connectivity index (χ4n) is 2.44. The number of carbonyl (C=O) groups is 1. The number of rotatable bonds is 7. The second kappa shape index (κ2) is 7.67. The van der Waals surface area contributed by atoms with E-state index in [1.54, 1.807) is 18.2 Å². The Hall–Kier alpha value is -2.38. The minimum absolute atomic E-state index is 0.113. The van der Waals surface area contributed by atoms with E-state index in [-0.39, 0.29) is 17.2 Å². The number of para-hydroxylation sites is 1. The molecule has 0 bridgehead atoms. The van der Waals surface area contributed by atoms with Gasteiger partial charge in [0.1, 0.15) is 0 Å². The molecular weight excluding hydrogens is 342 g/mol. The van der Waals surface area contributed by atoms with Gasteiger partial charge in [0.15, 0.2) is 17.3 Å². The van der Waals surface area contributed by atoms with Gasteiger partial charge in [0, 0.05) is 24.7 Å². The van der Waals surface area contributed by atoms with Crippen LogP contribution in [0.15, 0.2) is 47.4 Å². The summed E-state index contributed by atoms with van der Waals surface area (Å²) in [6, 6.07) is 11.2. The first-order valence-corrected chi connectivity index (χ1v) is 9.02. The van der Waals surface area contributed by atoms with Gasteiger partial charge in [-0.2, -0.15) is 4.31 Å². The average Bonchev–Trinajstić information content (AvgIpc) is 2.61. The van der Waals surface area contributed by atoms with E-state index in [0.717, 1.165) is 0 Å². The SMILES string of the molecule is COc1cccc(CN(C)S(=O)(=O)c2ccc(C(C)=O)cc2)c1OC. The molecule has 0 amide bonds. The van der Waals surface area contributed by atoms with Crippen LogP contribution in [-0.2, 0) is 16.6 Å². The van der Waals surface area contributed by atoms with Gasteiger partial charge in [0.05, 0.1) is 19.1 Å². The molecule has 0 saturated heterocycles. The first kappa shape index (κ1) is 19.0. The Balaban J connectivity index is 2.30. The molecule has 0 aromatic heterocycles. The fourth-order valence-corrected chi connectivity index (χ4v) is 3.59. The smallest absolute Gasteiger partial charge is 0.243 e. The lowest BCUT2D eigenvalue weighted by Gasteiger charge is -2.20. The molecule has 25 heavy (non-hydrogen) atoms. The Labute approximate surface area is 148 Å². The second-order valence-electron chi connectivity index (χ2n) is 5.49. The van der Waals surface area contributed by atoms with Crippen molar-refractivity contribution in [2.24, 2.45) is 0 Å². The zero-order valence-corrected chi connectivity index (χ0v) is 15.5. The van der Waals surface area contributed by atoms with Crippen molar-refractivity contribution in [2.45, 2.75) is 18.4 Å². The molecule has 2 rings (SSSR count). The maximum atomic E-state index is 12.7. The second-order valence-corrected chi connectivity index (χ2v) is 7.54. The van der Waals surface area contributed by atoms with Gasteiger partial charge in [0.2, 0.25) is 10.0 Å². The molecule has 0 spiro atoms. The summed E-state index contributed by atoms with van der Waals surface area (Å²) in [6.07, 6.45) is 0. The molecule has 0 aliphatic heterocycles. The summed E-state index contributed by atoms with van der Waals surface area (Å²) in [5.74, 6) is 0.925. The van der Waals surface area contributed by atoms with Crippen molar-refractivity contribution in [3.8, 4) is 11.5 Å². The van der Waals surface area contributed by atoms with Crippen LogP contribution in [0.2, 0.25) is 0 Å². The molecular formula is C18H21NO5S. The minimum atomic E-state index is -3.70. The number of methoxy groups -OCH3 is 2. The van der Waals surface area contributed by atoms with Crippen molar-refractivity contribution < 1.29 is 22.7 Å². The summed E-state index contributed by atoms with van der Waals surface area (Å²) < 4.78 is 37.3. The van der Waals surface area contributed by atoms with Crippen LogP contribution in [-0.4, -0.2) is 39.8 Å². The molecule has 0 saturated carbocycles. The molecule has 2 aromatic rings. The third-order valence-corrected chi connectivity index (χ3v) is 5.66. The van der Waals surface area contributed by atoms with Crippen LogP contribution in [0.5, 0.6) is 11.5 Å². The van der Waals surface area contributed by atoms with E-state index in [9.17, 15) is 13.2 Å². The third-order valence-electron chi connectivity index (χ3n) is 3.85. The molecule has 0 heterocycles. The van der Waals surface area contributed by atoms with Crippen molar-refractivity contribution in [3.63, 3.8) is 0 Å². The van der Waals surface area contributed by atoms with Crippen LogP contribution in [0, 0.1) is 0 Å². The number of hydrogen-bond acceptors (Lipinski definition) is 5. The number of benzene rings is 2. The van der Waals surface area contributed by atoms with Crippen LogP contribution >= 0.6 is 0 Å². The lowest BCUT2D eigenvalue weighted by molar-refractivity contribution is 0.101. The van der Waals surface area contributed by atoms with Gasteiger partial charge in [0.25, 0.3) is 0 Å². The van der Waals surface area contributed by atoms with E-state index in [0.29, 0.717) is 22.6 Å². The number of hydrogen-bond donors (Lipinski definition) is 0. The van der Waals surface area contributed by atoms with Crippen LogP contribution < -0.4 is 9.47 Å². The topological polar surface area (TPSA) is 72.9 Å². The van der Waals surface area contributed by atoms with Gasteiger partial charge in [-0.25, -0.2) is 8.42 Å². The number of carbonyl (C=O) groups excluding carboxylic acids is 1. The van der Waals surface area contributed by atoms with Gasteiger partial charge in [-0.3, -0.25) is 4.79 Å².